The summed E-state index contributed by atoms with van der Waals surface area (Å²) in [6, 6.07) is 0. The van der Waals surface area contributed by atoms with Crippen LogP contribution in [-0.2, 0) is 9.22 Å². The molecule has 0 unspecified atom stereocenters. The van der Waals surface area contributed by atoms with Crippen molar-refractivity contribution in [2.45, 2.75) is 78.1 Å². The lowest BCUT2D eigenvalue weighted by atomic mass is 9.75. The molecule has 100 valence electrons. The molecule has 0 heterocycles. The smallest absolute Gasteiger partial charge is 0.192 e. The molecule has 1 aliphatic carbocycles. The van der Waals surface area contributed by atoms with E-state index >= 15 is 0 Å². The van der Waals surface area contributed by atoms with Gasteiger partial charge in [0.1, 0.15) is 5.78 Å². The van der Waals surface area contributed by atoms with Crippen LogP contribution in [0.5, 0.6) is 0 Å². The minimum atomic E-state index is -1.76. The summed E-state index contributed by atoms with van der Waals surface area (Å²) in [7, 11) is -1.76. The van der Waals surface area contributed by atoms with Crippen LogP contribution in [0, 0.1) is 5.41 Å². The van der Waals surface area contributed by atoms with Crippen molar-refractivity contribution in [1.29, 1.82) is 0 Å². The summed E-state index contributed by atoms with van der Waals surface area (Å²) in [6.45, 7) is 15.7. The molecule has 0 aromatic heterocycles. The lowest BCUT2D eigenvalue weighted by Crippen LogP contribution is -2.50. The van der Waals surface area contributed by atoms with E-state index in [1.165, 1.54) is 0 Å². The van der Waals surface area contributed by atoms with E-state index in [-0.39, 0.29) is 16.6 Å². The van der Waals surface area contributed by atoms with Crippen LogP contribution < -0.4 is 0 Å². The normalized spacial score (nSPS) is 26.1. The van der Waals surface area contributed by atoms with E-state index in [1.54, 1.807) is 0 Å². The van der Waals surface area contributed by atoms with E-state index in [0.717, 1.165) is 12.8 Å². The highest BCUT2D eigenvalue weighted by Crippen LogP contribution is 2.43. The molecular formula is C14H28O2Si. The van der Waals surface area contributed by atoms with Crippen molar-refractivity contribution in [1.82, 2.24) is 0 Å². The molecule has 0 aromatic carbocycles. The Hall–Kier alpha value is -0.153. The number of Topliss-reactive ketones (excluding diaryl/α,β-unsaturated/α-hetero) is 1. The van der Waals surface area contributed by atoms with Crippen molar-refractivity contribution in [2.24, 2.45) is 5.41 Å². The summed E-state index contributed by atoms with van der Waals surface area (Å²) < 4.78 is 6.45. The van der Waals surface area contributed by atoms with Gasteiger partial charge in [0.05, 0.1) is 6.10 Å². The van der Waals surface area contributed by atoms with Crippen molar-refractivity contribution >= 4 is 14.1 Å². The van der Waals surface area contributed by atoms with Crippen molar-refractivity contribution in [3.05, 3.63) is 0 Å². The quantitative estimate of drug-likeness (QED) is 0.694. The van der Waals surface area contributed by atoms with Gasteiger partial charge in [0.15, 0.2) is 8.32 Å². The van der Waals surface area contributed by atoms with Gasteiger partial charge >= 0.3 is 0 Å². The maximum absolute atomic E-state index is 11.6. The number of carbonyl (C=O) groups excluding carboxylic acids is 1. The SMILES string of the molecule is CC1(C)CCC(=O)C[C@H]1O[Si](C)(C)C(C)(C)C. The maximum atomic E-state index is 11.6. The second-order valence-corrected chi connectivity index (χ2v) is 12.4. The van der Waals surface area contributed by atoms with E-state index in [9.17, 15) is 4.79 Å². The van der Waals surface area contributed by atoms with Crippen molar-refractivity contribution in [2.75, 3.05) is 0 Å². The molecule has 17 heavy (non-hydrogen) atoms. The minimum Gasteiger partial charge on any atom is -0.413 e. The number of rotatable bonds is 2. The van der Waals surface area contributed by atoms with Gasteiger partial charge in [-0.1, -0.05) is 34.6 Å². The third kappa shape index (κ3) is 3.41. The van der Waals surface area contributed by atoms with E-state index < -0.39 is 8.32 Å². The standard InChI is InChI=1S/C14H28O2Si/c1-13(2,3)17(6,7)16-12-10-11(15)8-9-14(12,4)5/h12H,8-10H2,1-7H3/t12-/m1/s1. The van der Waals surface area contributed by atoms with Crippen LogP contribution in [-0.4, -0.2) is 20.2 Å². The van der Waals surface area contributed by atoms with Crippen molar-refractivity contribution < 1.29 is 9.22 Å². The molecule has 3 heteroatoms. The third-order valence-corrected chi connectivity index (χ3v) is 9.06. The molecule has 0 saturated heterocycles. The topological polar surface area (TPSA) is 26.3 Å². The van der Waals surface area contributed by atoms with Crippen molar-refractivity contribution in [3.63, 3.8) is 0 Å². The fourth-order valence-corrected chi connectivity index (χ4v) is 3.41. The Balaban J connectivity index is 2.82. The Labute approximate surface area is 107 Å². The van der Waals surface area contributed by atoms with Crippen LogP contribution >= 0.6 is 0 Å². The first-order valence-corrected chi connectivity index (χ1v) is 9.56. The monoisotopic (exact) mass is 256 g/mol. The predicted molar refractivity (Wildman–Crippen MR) is 74.7 cm³/mol. The minimum absolute atomic E-state index is 0.115. The molecule has 0 aliphatic heterocycles. The molecule has 1 rings (SSSR count). The zero-order valence-corrected chi connectivity index (χ0v) is 13.5. The van der Waals surface area contributed by atoms with Crippen LogP contribution in [0.15, 0.2) is 0 Å². The molecule has 0 bridgehead atoms. The van der Waals surface area contributed by atoms with Gasteiger partial charge in [0.25, 0.3) is 0 Å². The predicted octanol–water partition coefficient (Wildman–Crippen LogP) is 4.16. The highest BCUT2D eigenvalue weighted by atomic mass is 28.4. The number of hydrogen-bond donors (Lipinski definition) is 0. The Morgan fingerprint density at radius 2 is 1.82 bits per heavy atom. The van der Waals surface area contributed by atoms with Gasteiger partial charge in [0.2, 0.25) is 0 Å². The average Bonchev–Trinajstić information content (AvgIpc) is 2.10. The van der Waals surface area contributed by atoms with Gasteiger partial charge in [-0.3, -0.25) is 4.79 Å². The summed E-state index contributed by atoms with van der Waals surface area (Å²) in [5.41, 5.74) is 0.142. The number of hydrogen-bond acceptors (Lipinski definition) is 2. The van der Waals surface area contributed by atoms with Crippen LogP contribution in [0.4, 0.5) is 0 Å². The van der Waals surface area contributed by atoms with Gasteiger partial charge < -0.3 is 4.43 Å². The Morgan fingerprint density at radius 1 is 1.29 bits per heavy atom. The summed E-state index contributed by atoms with van der Waals surface area (Å²) in [5, 5.41) is 0.212. The fourth-order valence-electron chi connectivity index (χ4n) is 1.94. The molecule has 1 saturated carbocycles. The number of ketones is 1. The highest BCUT2D eigenvalue weighted by Gasteiger charge is 2.44. The molecule has 0 amide bonds. The lowest BCUT2D eigenvalue weighted by molar-refractivity contribution is -0.127. The van der Waals surface area contributed by atoms with Crippen LogP contribution in [0.25, 0.3) is 0 Å². The van der Waals surface area contributed by atoms with E-state index in [2.05, 4.69) is 47.7 Å². The Bertz CT molecular complexity index is 300. The molecule has 2 nitrogen and oxygen atoms in total. The van der Waals surface area contributed by atoms with E-state index in [0.29, 0.717) is 12.2 Å². The zero-order valence-electron chi connectivity index (χ0n) is 12.5. The molecule has 1 aliphatic rings. The molecular weight excluding hydrogens is 228 g/mol. The van der Waals surface area contributed by atoms with Gasteiger partial charge in [-0.25, -0.2) is 0 Å². The summed E-state index contributed by atoms with van der Waals surface area (Å²) in [5.74, 6) is 0.369. The van der Waals surface area contributed by atoms with Crippen molar-refractivity contribution in [3.8, 4) is 0 Å². The largest absolute Gasteiger partial charge is 0.413 e. The Morgan fingerprint density at radius 3 is 2.29 bits per heavy atom. The summed E-state index contributed by atoms with van der Waals surface area (Å²) in [6.07, 6.45) is 2.42. The second kappa shape index (κ2) is 4.50. The van der Waals surface area contributed by atoms with Gasteiger partial charge in [-0.15, -0.1) is 0 Å². The molecule has 1 fully saturated rings. The summed E-state index contributed by atoms with van der Waals surface area (Å²) in [4.78, 5) is 11.6. The molecule has 0 N–H and O–H groups in total. The average molecular weight is 256 g/mol. The molecule has 0 aromatic rings. The van der Waals surface area contributed by atoms with Crippen LogP contribution in [0.3, 0.4) is 0 Å². The summed E-state index contributed by atoms with van der Waals surface area (Å²) >= 11 is 0. The van der Waals surface area contributed by atoms with Crippen LogP contribution in [0.1, 0.15) is 53.9 Å². The van der Waals surface area contributed by atoms with E-state index in [1.807, 2.05) is 0 Å². The number of carbonyl (C=O) groups is 1. The molecule has 1 atom stereocenters. The van der Waals surface area contributed by atoms with Gasteiger partial charge in [0, 0.05) is 12.8 Å². The maximum Gasteiger partial charge on any atom is 0.192 e. The first-order chi connectivity index (χ1) is 7.46. The zero-order chi connectivity index (χ0) is 13.5. The van der Waals surface area contributed by atoms with Gasteiger partial charge in [-0.05, 0) is 30.0 Å². The van der Waals surface area contributed by atoms with E-state index in [4.69, 9.17) is 4.43 Å². The second-order valence-electron chi connectivity index (χ2n) is 7.60. The molecule has 0 spiro atoms. The fraction of sp³-hybridized carbons (Fsp3) is 0.929. The van der Waals surface area contributed by atoms with Gasteiger partial charge in [-0.2, -0.15) is 0 Å². The first kappa shape index (κ1) is 14.9. The highest BCUT2D eigenvalue weighted by molar-refractivity contribution is 6.74. The van der Waals surface area contributed by atoms with Crippen LogP contribution in [0.2, 0.25) is 18.1 Å². The lowest BCUT2D eigenvalue weighted by Gasteiger charge is -2.46. The third-order valence-electron chi connectivity index (χ3n) is 4.58. The first-order valence-electron chi connectivity index (χ1n) is 6.65. The molecule has 0 radical (unpaired) electrons. The Kier molecular flexibility index (Phi) is 3.95.